The molecule has 8 nitrogen and oxygen atoms in total. The van der Waals surface area contributed by atoms with E-state index in [9.17, 15) is 4.39 Å². The van der Waals surface area contributed by atoms with Gasteiger partial charge < -0.3 is 10.3 Å². The molecular weight excluding hydrogens is 313 g/mol. The molecular formula is C15H10FN7O. The molecule has 0 unspecified atom stereocenters. The number of hydrogen-bond donors (Lipinski definition) is 1. The molecule has 1 aromatic carbocycles. The number of nitrogens with zero attached hydrogens (tertiary/aromatic N) is 6. The molecule has 0 saturated heterocycles. The topological polar surface area (TPSA) is 109 Å². The number of anilines is 1. The molecule has 0 aliphatic heterocycles. The summed E-state index contributed by atoms with van der Waals surface area (Å²) in [4.78, 5) is 8.21. The Morgan fingerprint density at radius 2 is 1.79 bits per heavy atom. The maximum absolute atomic E-state index is 13.0. The molecule has 2 N–H and O–H groups in total. The zero-order valence-electron chi connectivity index (χ0n) is 12.2. The Morgan fingerprint density at radius 3 is 2.54 bits per heavy atom. The Bertz CT molecular complexity index is 979. The molecule has 0 aliphatic carbocycles. The van der Waals surface area contributed by atoms with Gasteiger partial charge in [-0.2, -0.15) is 9.67 Å². The van der Waals surface area contributed by atoms with Gasteiger partial charge in [0.2, 0.25) is 5.82 Å². The van der Waals surface area contributed by atoms with Crippen LogP contribution < -0.4 is 5.73 Å². The zero-order valence-corrected chi connectivity index (χ0v) is 12.2. The second kappa shape index (κ2) is 5.54. The van der Waals surface area contributed by atoms with Gasteiger partial charge in [-0.3, -0.25) is 4.98 Å². The lowest BCUT2D eigenvalue weighted by Gasteiger charge is -2.01. The van der Waals surface area contributed by atoms with Crippen molar-refractivity contribution in [1.82, 2.24) is 30.1 Å². The second-order valence-corrected chi connectivity index (χ2v) is 4.87. The third-order valence-electron chi connectivity index (χ3n) is 3.34. The fourth-order valence-corrected chi connectivity index (χ4v) is 2.15. The fourth-order valence-electron chi connectivity index (χ4n) is 2.15. The molecule has 118 valence electrons. The van der Waals surface area contributed by atoms with Crippen LogP contribution in [0.25, 0.3) is 28.7 Å². The highest BCUT2D eigenvalue weighted by Crippen LogP contribution is 2.26. The van der Waals surface area contributed by atoms with Gasteiger partial charge in [0.15, 0.2) is 11.5 Å². The minimum absolute atomic E-state index is 0.146. The number of aromatic nitrogens is 6. The monoisotopic (exact) mass is 323 g/mol. The van der Waals surface area contributed by atoms with E-state index in [-0.39, 0.29) is 23.2 Å². The highest BCUT2D eigenvalue weighted by atomic mass is 19.1. The van der Waals surface area contributed by atoms with Crippen molar-refractivity contribution in [3.05, 3.63) is 54.6 Å². The van der Waals surface area contributed by atoms with Crippen molar-refractivity contribution in [3.63, 3.8) is 0 Å². The molecule has 3 aromatic heterocycles. The van der Waals surface area contributed by atoms with Crippen LogP contribution >= 0.6 is 0 Å². The summed E-state index contributed by atoms with van der Waals surface area (Å²) in [5, 5.41) is 11.8. The normalized spacial score (nSPS) is 10.9. The first-order valence-corrected chi connectivity index (χ1v) is 6.94. The zero-order chi connectivity index (χ0) is 16.5. The van der Waals surface area contributed by atoms with E-state index in [2.05, 4.69) is 25.4 Å². The fraction of sp³-hybridized carbons (Fsp3) is 0. The van der Waals surface area contributed by atoms with E-state index in [1.165, 1.54) is 16.8 Å². The summed E-state index contributed by atoms with van der Waals surface area (Å²) in [5.41, 5.74) is 7.64. The van der Waals surface area contributed by atoms with Crippen molar-refractivity contribution in [2.75, 3.05) is 5.73 Å². The van der Waals surface area contributed by atoms with Gasteiger partial charge in [-0.05, 0) is 36.4 Å². The highest BCUT2D eigenvalue weighted by molar-refractivity contribution is 5.66. The first-order valence-electron chi connectivity index (χ1n) is 6.94. The van der Waals surface area contributed by atoms with Crippen molar-refractivity contribution < 1.29 is 8.91 Å². The molecule has 0 atom stereocenters. The van der Waals surface area contributed by atoms with Gasteiger partial charge in [-0.1, -0.05) is 10.4 Å². The lowest BCUT2D eigenvalue weighted by molar-refractivity contribution is 0.431. The van der Waals surface area contributed by atoms with Crippen molar-refractivity contribution in [2.45, 2.75) is 0 Å². The average molecular weight is 323 g/mol. The Hall–Kier alpha value is -3.62. The third-order valence-corrected chi connectivity index (χ3v) is 3.34. The predicted molar refractivity (Wildman–Crippen MR) is 82.3 cm³/mol. The van der Waals surface area contributed by atoms with Crippen molar-refractivity contribution in [3.8, 4) is 28.7 Å². The van der Waals surface area contributed by atoms with Gasteiger partial charge in [-0.25, -0.2) is 4.39 Å². The second-order valence-electron chi connectivity index (χ2n) is 4.87. The van der Waals surface area contributed by atoms with E-state index in [0.717, 1.165) is 5.56 Å². The minimum Gasteiger partial charge on any atom is -0.382 e. The van der Waals surface area contributed by atoms with Crippen LogP contribution in [-0.4, -0.2) is 30.1 Å². The molecule has 0 saturated carbocycles. The number of pyridine rings is 1. The molecule has 0 radical (unpaired) electrons. The lowest BCUT2D eigenvalue weighted by atomic mass is 10.2. The van der Waals surface area contributed by atoms with E-state index >= 15 is 0 Å². The largest absolute Gasteiger partial charge is 0.382 e. The third kappa shape index (κ3) is 2.37. The number of hydrogen-bond acceptors (Lipinski definition) is 7. The SMILES string of the molecule is Nc1c(-c2nc(-c3ccncc3)no2)nnn1-c1ccc(F)cc1. The van der Waals surface area contributed by atoms with Gasteiger partial charge in [0.05, 0.1) is 5.69 Å². The number of nitrogen functional groups attached to an aromatic ring is 1. The van der Waals surface area contributed by atoms with Crippen LogP contribution in [0.15, 0.2) is 53.3 Å². The van der Waals surface area contributed by atoms with Crippen LogP contribution in [0, 0.1) is 5.82 Å². The van der Waals surface area contributed by atoms with Crippen LogP contribution in [0.4, 0.5) is 10.2 Å². The molecule has 4 rings (SSSR count). The maximum Gasteiger partial charge on any atom is 0.282 e. The summed E-state index contributed by atoms with van der Waals surface area (Å²) in [6.45, 7) is 0. The molecule has 3 heterocycles. The quantitative estimate of drug-likeness (QED) is 0.615. The average Bonchev–Trinajstić information content (AvgIpc) is 3.23. The Labute approximate surface area is 134 Å². The van der Waals surface area contributed by atoms with Crippen molar-refractivity contribution >= 4 is 5.82 Å². The molecule has 24 heavy (non-hydrogen) atoms. The minimum atomic E-state index is -0.350. The standard InChI is InChI=1S/C15H10FN7O/c16-10-1-3-11(4-2-10)23-13(17)12(20-22-23)15-19-14(21-24-15)9-5-7-18-8-6-9/h1-8H,17H2. The Morgan fingerprint density at radius 1 is 1.04 bits per heavy atom. The Kier molecular flexibility index (Phi) is 3.23. The number of benzene rings is 1. The summed E-state index contributed by atoms with van der Waals surface area (Å²) in [5.74, 6) is 0.402. The Balaban J connectivity index is 1.71. The van der Waals surface area contributed by atoms with Gasteiger partial charge in [0.1, 0.15) is 5.82 Å². The number of halogens is 1. The molecule has 9 heteroatoms. The van der Waals surface area contributed by atoms with E-state index in [1.54, 1.807) is 36.7 Å². The summed E-state index contributed by atoms with van der Waals surface area (Å²) >= 11 is 0. The first kappa shape index (κ1) is 14.0. The molecule has 0 fully saturated rings. The van der Waals surface area contributed by atoms with Crippen LogP contribution in [0.1, 0.15) is 0 Å². The van der Waals surface area contributed by atoms with E-state index in [0.29, 0.717) is 11.5 Å². The van der Waals surface area contributed by atoms with Crippen molar-refractivity contribution in [2.24, 2.45) is 0 Å². The summed E-state index contributed by atoms with van der Waals surface area (Å²) < 4.78 is 19.6. The van der Waals surface area contributed by atoms with Crippen molar-refractivity contribution in [1.29, 1.82) is 0 Å². The molecule has 0 amide bonds. The van der Waals surface area contributed by atoms with Gasteiger partial charge in [0, 0.05) is 18.0 Å². The molecule has 0 bridgehead atoms. The smallest absolute Gasteiger partial charge is 0.282 e. The van der Waals surface area contributed by atoms with Gasteiger partial charge in [0.25, 0.3) is 5.89 Å². The predicted octanol–water partition coefficient (Wildman–Crippen LogP) is 2.10. The summed E-state index contributed by atoms with van der Waals surface area (Å²) in [6, 6.07) is 9.22. The maximum atomic E-state index is 13.0. The van der Waals surface area contributed by atoms with Crippen LogP contribution in [0.2, 0.25) is 0 Å². The molecule has 4 aromatic rings. The number of rotatable bonds is 3. The molecule has 0 aliphatic rings. The van der Waals surface area contributed by atoms with Crippen LogP contribution in [0.3, 0.4) is 0 Å². The van der Waals surface area contributed by atoms with Gasteiger partial charge >= 0.3 is 0 Å². The first-order chi connectivity index (χ1) is 11.7. The number of nitrogens with two attached hydrogens (primary N) is 1. The molecule has 0 spiro atoms. The summed E-state index contributed by atoms with van der Waals surface area (Å²) in [7, 11) is 0. The summed E-state index contributed by atoms with van der Waals surface area (Å²) in [6.07, 6.45) is 3.26. The lowest BCUT2D eigenvalue weighted by Crippen LogP contribution is -2.02. The van der Waals surface area contributed by atoms with Crippen LogP contribution in [0.5, 0.6) is 0 Å². The van der Waals surface area contributed by atoms with Crippen LogP contribution in [-0.2, 0) is 0 Å². The van der Waals surface area contributed by atoms with E-state index in [4.69, 9.17) is 10.3 Å². The van der Waals surface area contributed by atoms with Gasteiger partial charge in [-0.15, -0.1) is 5.10 Å². The highest BCUT2D eigenvalue weighted by Gasteiger charge is 2.19. The van der Waals surface area contributed by atoms with E-state index < -0.39 is 0 Å². The van der Waals surface area contributed by atoms with E-state index in [1.807, 2.05) is 0 Å².